The molecule has 0 aromatic carbocycles. The van der Waals surface area contributed by atoms with E-state index in [1.165, 1.54) is 0 Å². The average Bonchev–Trinajstić information content (AvgIpc) is 3.06. The molecule has 1 amide bonds. The first kappa shape index (κ1) is 13.2. The number of ether oxygens (including phenoxy) is 1. The minimum atomic E-state index is -0.391. The monoisotopic (exact) mass is 339 g/mol. The van der Waals surface area contributed by atoms with Crippen molar-refractivity contribution in [3.05, 3.63) is 22.9 Å². The molecule has 1 unspecified atom stereocenters. The molecule has 1 fully saturated rings. The van der Waals surface area contributed by atoms with Crippen molar-refractivity contribution in [2.24, 2.45) is 0 Å². The van der Waals surface area contributed by atoms with Gasteiger partial charge in [0.1, 0.15) is 16.5 Å². The van der Waals surface area contributed by atoms with E-state index in [-0.39, 0.29) is 6.10 Å². The van der Waals surface area contributed by atoms with Crippen molar-refractivity contribution in [3.8, 4) is 0 Å². The van der Waals surface area contributed by atoms with Gasteiger partial charge in [0.2, 0.25) is 0 Å². The molecular formula is C12H14BrN5O2. The normalized spacial score (nSPS) is 18.5. The third-order valence-electron chi connectivity index (χ3n) is 3.25. The van der Waals surface area contributed by atoms with Crippen LogP contribution in [-0.2, 0) is 4.74 Å². The zero-order chi connectivity index (χ0) is 14.1. The van der Waals surface area contributed by atoms with Crippen LogP contribution in [0.15, 0.2) is 22.9 Å². The van der Waals surface area contributed by atoms with E-state index >= 15 is 0 Å². The second kappa shape index (κ2) is 5.28. The molecule has 0 spiro atoms. The van der Waals surface area contributed by atoms with E-state index in [9.17, 15) is 4.79 Å². The van der Waals surface area contributed by atoms with Gasteiger partial charge in [-0.25, -0.2) is 14.3 Å². The smallest absolute Gasteiger partial charge is 0.407 e. The molecule has 1 N–H and O–H groups in total. The highest BCUT2D eigenvalue weighted by molar-refractivity contribution is 9.10. The third-order valence-corrected chi connectivity index (χ3v) is 3.79. The zero-order valence-corrected chi connectivity index (χ0v) is 12.5. The molecule has 0 aliphatic carbocycles. The molecule has 106 valence electrons. The van der Waals surface area contributed by atoms with E-state index < -0.39 is 6.09 Å². The number of halogens is 1. The van der Waals surface area contributed by atoms with Crippen LogP contribution in [-0.4, -0.2) is 46.9 Å². The molecule has 0 saturated carbocycles. The van der Waals surface area contributed by atoms with Crippen molar-refractivity contribution in [1.82, 2.24) is 19.9 Å². The van der Waals surface area contributed by atoms with Gasteiger partial charge in [0, 0.05) is 20.0 Å². The predicted molar refractivity (Wildman–Crippen MR) is 76.8 cm³/mol. The van der Waals surface area contributed by atoms with Crippen LogP contribution in [0, 0.1) is 0 Å². The van der Waals surface area contributed by atoms with E-state index in [1.807, 2.05) is 12.1 Å². The lowest BCUT2D eigenvalue weighted by atomic mass is 10.3. The first-order chi connectivity index (χ1) is 9.67. The molecule has 2 aromatic heterocycles. The van der Waals surface area contributed by atoms with Crippen LogP contribution >= 0.6 is 15.9 Å². The Balaban J connectivity index is 1.75. The molecule has 20 heavy (non-hydrogen) atoms. The van der Waals surface area contributed by atoms with Crippen LogP contribution < -0.4 is 10.2 Å². The van der Waals surface area contributed by atoms with Crippen molar-refractivity contribution >= 4 is 33.5 Å². The number of imidazole rings is 1. The first-order valence-electron chi connectivity index (χ1n) is 6.31. The average molecular weight is 340 g/mol. The number of alkyl carbamates (subject to hydrolysis) is 1. The van der Waals surface area contributed by atoms with Gasteiger partial charge in [-0.2, -0.15) is 0 Å². The van der Waals surface area contributed by atoms with Gasteiger partial charge in [0.15, 0.2) is 5.65 Å². The Morgan fingerprint density at radius 3 is 3.20 bits per heavy atom. The van der Waals surface area contributed by atoms with Crippen molar-refractivity contribution in [2.45, 2.75) is 12.5 Å². The highest BCUT2D eigenvalue weighted by atomic mass is 79.9. The van der Waals surface area contributed by atoms with Gasteiger partial charge in [-0.15, -0.1) is 5.10 Å². The zero-order valence-electron chi connectivity index (χ0n) is 10.9. The van der Waals surface area contributed by atoms with Gasteiger partial charge in [0.05, 0.1) is 12.7 Å². The number of aromatic nitrogens is 3. The summed E-state index contributed by atoms with van der Waals surface area (Å²) in [6.07, 6.45) is 2.03. The van der Waals surface area contributed by atoms with Crippen molar-refractivity contribution in [1.29, 1.82) is 0 Å². The van der Waals surface area contributed by atoms with Crippen LogP contribution in [0.3, 0.4) is 0 Å². The molecule has 1 saturated heterocycles. The Labute approximate surface area is 124 Å². The second-order valence-corrected chi connectivity index (χ2v) is 5.37. The Hall–Kier alpha value is -1.83. The van der Waals surface area contributed by atoms with E-state index in [0.717, 1.165) is 29.0 Å². The molecule has 3 rings (SSSR count). The Bertz CT molecular complexity index is 644. The summed E-state index contributed by atoms with van der Waals surface area (Å²) in [5.41, 5.74) is 0.790. The number of hydrogen-bond acceptors (Lipinski definition) is 5. The molecule has 1 aliphatic rings. The van der Waals surface area contributed by atoms with Gasteiger partial charge in [-0.3, -0.25) is 0 Å². The summed E-state index contributed by atoms with van der Waals surface area (Å²) in [5.74, 6) is 0.846. The maximum atomic E-state index is 11.2. The number of nitrogens with one attached hydrogen (secondary N) is 1. The Morgan fingerprint density at radius 2 is 2.40 bits per heavy atom. The van der Waals surface area contributed by atoms with E-state index in [4.69, 9.17) is 4.74 Å². The number of fused-ring (bicyclic) bond motifs is 1. The third kappa shape index (κ3) is 2.43. The summed E-state index contributed by atoms with van der Waals surface area (Å²) in [5, 5.41) is 6.99. The number of hydrogen-bond donors (Lipinski definition) is 1. The minimum Gasteiger partial charge on any atom is -0.444 e. The number of anilines is 1. The van der Waals surface area contributed by atoms with Gasteiger partial charge in [-0.1, -0.05) is 0 Å². The molecule has 7 nitrogen and oxygen atoms in total. The summed E-state index contributed by atoms with van der Waals surface area (Å²) in [6.45, 7) is 1.46. The van der Waals surface area contributed by atoms with Crippen LogP contribution in [0.25, 0.3) is 5.65 Å². The highest BCUT2D eigenvalue weighted by Crippen LogP contribution is 2.21. The van der Waals surface area contributed by atoms with E-state index in [1.54, 1.807) is 17.8 Å². The molecule has 1 atom stereocenters. The quantitative estimate of drug-likeness (QED) is 0.895. The number of amides is 1. The van der Waals surface area contributed by atoms with Gasteiger partial charge in [0.25, 0.3) is 0 Å². The fraction of sp³-hybridized carbons (Fsp3) is 0.417. The largest absolute Gasteiger partial charge is 0.444 e. The summed E-state index contributed by atoms with van der Waals surface area (Å²) >= 11 is 3.41. The minimum absolute atomic E-state index is 0.0984. The molecule has 0 bridgehead atoms. The molecule has 2 aromatic rings. The predicted octanol–water partition coefficient (Wildman–Crippen LogP) is 1.43. The van der Waals surface area contributed by atoms with Crippen molar-refractivity contribution in [2.75, 3.05) is 25.0 Å². The van der Waals surface area contributed by atoms with Gasteiger partial charge >= 0.3 is 6.09 Å². The summed E-state index contributed by atoms with van der Waals surface area (Å²) in [6, 6.07) is 3.84. The Kier molecular flexibility index (Phi) is 3.47. The Morgan fingerprint density at radius 1 is 1.55 bits per heavy atom. The number of nitrogens with zero attached hydrogens (tertiary/aromatic N) is 4. The van der Waals surface area contributed by atoms with Crippen LogP contribution in [0.5, 0.6) is 0 Å². The summed E-state index contributed by atoms with van der Waals surface area (Å²) < 4.78 is 7.81. The second-order valence-electron chi connectivity index (χ2n) is 4.55. The van der Waals surface area contributed by atoms with E-state index in [2.05, 4.69) is 36.2 Å². The van der Waals surface area contributed by atoms with E-state index in [0.29, 0.717) is 6.54 Å². The highest BCUT2D eigenvalue weighted by Gasteiger charge is 2.26. The molecule has 0 radical (unpaired) electrons. The van der Waals surface area contributed by atoms with Crippen LogP contribution in [0.2, 0.25) is 0 Å². The molecule has 8 heteroatoms. The summed E-state index contributed by atoms with van der Waals surface area (Å²) in [4.78, 5) is 17.5. The number of carbonyl (C=O) groups excluding carboxylic acids is 1. The summed E-state index contributed by atoms with van der Waals surface area (Å²) in [7, 11) is 1.56. The molecule has 1 aliphatic heterocycles. The lowest BCUT2D eigenvalue weighted by molar-refractivity contribution is 0.110. The standard InChI is InChI=1S/C12H14BrN5O2/c1-14-12(19)20-8-4-5-17(7-8)11-3-2-10-15-6-9(13)18(10)16-11/h2-3,6,8H,4-5,7H2,1H3,(H,14,19). The number of rotatable bonds is 2. The first-order valence-corrected chi connectivity index (χ1v) is 7.10. The lowest BCUT2D eigenvalue weighted by Gasteiger charge is -2.17. The lowest BCUT2D eigenvalue weighted by Crippen LogP contribution is -2.29. The van der Waals surface area contributed by atoms with Crippen molar-refractivity contribution < 1.29 is 9.53 Å². The fourth-order valence-corrected chi connectivity index (χ4v) is 2.61. The SMILES string of the molecule is CNC(=O)OC1CCN(c2ccc3ncc(Br)n3n2)C1. The van der Waals surface area contributed by atoms with Gasteiger partial charge in [-0.05, 0) is 28.1 Å². The van der Waals surface area contributed by atoms with Crippen LogP contribution in [0.4, 0.5) is 10.6 Å². The molecule has 3 heterocycles. The number of carbonyl (C=O) groups is 1. The van der Waals surface area contributed by atoms with Gasteiger partial charge < -0.3 is 15.0 Å². The maximum Gasteiger partial charge on any atom is 0.407 e. The van der Waals surface area contributed by atoms with Crippen LogP contribution in [0.1, 0.15) is 6.42 Å². The fourth-order valence-electron chi connectivity index (χ4n) is 2.25. The van der Waals surface area contributed by atoms with Crippen molar-refractivity contribution in [3.63, 3.8) is 0 Å². The topological polar surface area (TPSA) is 71.8 Å². The molecular weight excluding hydrogens is 326 g/mol. The maximum absolute atomic E-state index is 11.2.